The molecule has 1 aromatic carbocycles. The smallest absolute Gasteiger partial charge is 0.142 e. The lowest BCUT2D eigenvalue weighted by Gasteiger charge is -2.06. The maximum atomic E-state index is 5.65. The number of nitrogens with one attached hydrogen (secondary N) is 1. The van der Waals surface area contributed by atoms with Crippen molar-refractivity contribution in [2.45, 2.75) is 6.54 Å². The highest BCUT2D eigenvalue weighted by Crippen LogP contribution is 2.21. The maximum absolute atomic E-state index is 5.65. The lowest BCUT2D eigenvalue weighted by Crippen LogP contribution is -2.05. The molecule has 0 heterocycles. The summed E-state index contributed by atoms with van der Waals surface area (Å²) in [6, 6.07) is 5.77. The number of rotatable bonds is 3. The number of ether oxygens (including phenoxy) is 1. The van der Waals surface area contributed by atoms with Crippen LogP contribution in [-0.4, -0.2) is 14.2 Å². The van der Waals surface area contributed by atoms with Crippen molar-refractivity contribution in [3.8, 4) is 5.75 Å². The molecule has 0 aliphatic rings. The van der Waals surface area contributed by atoms with Crippen molar-refractivity contribution >= 4 is 5.69 Å². The summed E-state index contributed by atoms with van der Waals surface area (Å²) in [7, 11) is 3.53. The first-order valence-corrected chi connectivity index (χ1v) is 3.85. The van der Waals surface area contributed by atoms with E-state index < -0.39 is 0 Å². The van der Waals surface area contributed by atoms with Crippen molar-refractivity contribution in [2.75, 3.05) is 19.9 Å². The van der Waals surface area contributed by atoms with Gasteiger partial charge in [0.2, 0.25) is 0 Å². The fourth-order valence-electron chi connectivity index (χ4n) is 1.07. The van der Waals surface area contributed by atoms with Crippen LogP contribution in [0.5, 0.6) is 5.75 Å². The Balaban J connectivity index is 2.89. The van der Waals surface area contributed by atoms with Gasteiger partial charge in [0.05, 0.1) is 12.8 Å². The van der Waals surface area contributed by atoms with Crippen molar-refractivity contribution in [2.24, 2.45) is 0 Å². The lowest BCUT2D eigenvalue weighted by atomic mass is 10.2. The highest BCUT2D eigenvalue weighted by Gasteiger charge is 1.99. The van der Waals surface area contributed by atoms with E-state index >= 15 is 0 Å². The molecular formula is C9H14N2O. The molecule has 1 aromatic rings. The fraction of sp³-hybridized carbons (Fsp3) is 0.333. The minimum absolute atomic E-state index is 0.678. The summed E-state index contributed by atoms with van der Waals surface area (Å²) in [6.45, 7) is 0.830. The van der Waals surface area contributed by atoms with Crippen LogP contribution in [0.2, 0.25) is 0 Å². The van der Waals surface area contributed by atoms with Crippen LogP contribution in [0.15, 0.2) is 18.2 Å². The van der Waals surface area contributed by atoms with Crippen LogP contribution in [0.1, 0.15) is 5.56 Å². The van der Waals surface area contributed by atoms with Gasteiger partial charge in [0.25, 0.3) is 0 Å². The molecule has 66 valence electrons. The molecular weight excluding hydrogens is 152 g/mol. The number of benzene rings is 1. The van der Waals surface area contributed by atoms with Gasteiger partial charge in [-0.3, -0.25) is 0 Å². The Morgan fingerprint density at radius 1 is 1.50 bits per heavy atom. The molecule has 0 aromatic heterocycles. The van der Waals surface area contributed by atoms with E-state index in [1.165, 1.54) is 5.56 Å². The molecule has 0 fully saturated rings. The Hall–Kier alpha value is -1.22. The summed E-state index contributed by atoms with van der Waals surface area (Å²) < 4.78 is 5.08. The summed E-state index contributed by atoms with van der Waals surface area (Å²) >= 11 is 0. The molecule has 0 amide bonds. The van der Waals surface area contributed by atoms with Gasteiger partial charge < -0.3 is 15.8 Å². The molecule has 0 aliphatic carbocycles. The van der Waals surface area contributed by atoms with Crippen LogP contribution in [0.25, 0.3) is 0 Å². The van der Waals surface area contributed by atoms with Gasteiger partial charge in [0.15, 0.2) is 0 Å². The van der Waals surface area contributed by atoms with Crippen molar-refractivity contribution in [1.82, 2.24) is 5.32 Å². The highest BCUT2D eigenvalue weighted by molar-refractivity contribution is 5.53. The Kier molecular flexibility index (Phi) is 2.94. The minimum Gasteiger partial charge on any atom is -0.495 e. The Labute approximate surface area is 72.5 Å². The van der Waals surface area contributed by atoms with Crippen LogP contribution >= 0.6 is 0 Å². The summed E-state index contributed by atoms with van der Waals surface area (Å²) in [5, 5.41) is 3.06. The number of nitrogens with two attached hydrogens (primary N) is 1. The minimum atomic E-state index is 0.678. The molecule has 0 atom stereocenters. The molecule has 0 saturated carbocycles. The van der Waals surface area contributed by atoms with Gasteiger partial charge in [-0.2, -0.15) is 0 Å². The van der Waals surface area contributed by atoms with Crippen LogP contribution in [0, 0.1) is 0 Å². The maximum Gasteiger partial charge on any atom is 0.142 e. The Morgan fingerprint density at radius 2 is 2.25 bits per heavy atom. The summed E-state index contributed by atoms with van der Waals surface area (Å²) in [4.78, 5) is 0. The molecule has 0 unspecified atom stereocenters. The number of hydrogen-bond acceptors (Lipinski definition) is 3. The molecule has 3 nitrogen and oxygen atoms in total. The molecule has 12 heavy (non-hydrogen) atoms. The Bertz CT molecular complexity index is 261. The zero-order valence-electron chi connectivity index (χ0n) is 7.42. The van der Waals surface area contributed by atoms with Crippen LogP contribution in [-0.2, 0) is 6.54 Å². The SMILES string of the molecule is CNCc1ccc(N)c(OC)c1. The molecule has 0 spiro atoms. The van der Waals surface area contributed by atoms with Crippen molar-refractivity contribution < 1.29 is 4.74 Å². The predicted octanol–water partition coefficient (Wildman–Crippen LogP) is 0.997. The first kappa shape index (κ1) is 8.87. The topological polar surface area (TPSA) is 47.3 Å². The second-order valence-corrected chi connectivity index (χ2v) is 2.61. The number of methoxy groups -OCH3 is 1. The molecule has 0 saturated heterocycles. The van der Waals surface area contributed by atoms with E-state index in [0.717, 1.165) is 12.3 Å². The zero-order chi connectivity index (χ0) is 8.97. The van der Waals surface area contributed by atoms with E-state index in [1.54, 1.807) is 7.11 Å². The molecule has 0 radical (unpaired) electrons. The third-order valence-electron chi connectivity index (χ3n) is 1.68. The fourth-order valence-corrected chi connectivity index (χ4v) is 1.07. The normalized spacial score (nSPS) is 9.83. The van der Waals surface area contributed by atoms with E-state index in [0.29, 0.717) is 5.69 Å². The van der Waals surface area contributed by atoms with Gasteiger partial charge in [-0.25, -0.2) is 0 Å². The quantitative estimate of drug-likeness (QED) is 0.658. The van der Waals surface area contributed by atoms with Gasteiger partial charge in [-0.1, -0.05) is 6.07 Å². The van der Waals surface area contributed by atoms with Crippen molar-refractivity contribution in [1.29, 1.82) is 0 Å². The molecule has 1 rings (SSSR count). The van der Waals surface area contributed by atoms with E-state index in [2.05, 4.69) is 5.32 Å². The first-order valence-electron chi connectivity index (χ1n) is 3.85. The molecule has 3 N–H and O–H groups in total. The Morgan fingerprint density at radius 3 is 2.83 bits per heavy atom. The van der Waals surface area contributed by atoms with Gasteiger partial charge in [0.1, 0.15) is 5.75 Å². The standard InChI is InChI=1S/C9H14N2O/c1-11-6-7-3-4-8(10)9(5-7)12-2/h3-5,11H,6,10H2,1-2H3. The van der Waals surface area contributed by atoms with E-state index in [9.17, 15) is 0 Å². The third-order valence-corrected chi connectivity index (χ3v) is 1.68. The average molecular weight is 166 g/mol. The van der Waals surface area contributed by atoms with E-state index in [4.69, 9.17) is 10.5 Å². The van der Waals surface area contributed by atoms with E-state index in [1.807, 2.05) is 25.2 Å². The average Bonchev–Trinajstić information content (AvgIpc) is 2.09. The molecule has 3 heteroatoms. The summed E-state index contributed by atoms with van der Waals surface area (Å²) in [5.74, 6) is 0.739. The van der Waals surface area contributed by atoms with Crippen LogP contribution < -0.4 is 15.8 Å². The van der Waals surface area contributed by atoms with Gasteiger partial charge in [-0.05, 0) is 24.7 Å². The summed E-state index contributed by atoms with van der Waals surface area (Å²) in [5.41, 5.74) is 7.50. The van der Waals surface area contributed by atoms with Crippen LogP contribution in [0.4, 0.5) is 5.69 Å². The molecule has 0 bridgehead atoms. The number of nitrogen functional groups attached to an aromatic ring is 1. The van der Waals surface area contributed by atoms with Gasteiger partial charge >= 0.3 is 0 Å². The second-order valence-electron chi connectivity index (χ2n) is 2.61. The van der Waals surface area contributed by atoms with Crippen molar-refractivity contribution in [3.05, 3.63) is 23.8 Å². The number of anilines is 1. The van der Waals surface area contributed by atoms with Gasteiger partial charge in [0, 0.05) is 6.54 Å². The summed E-state index contributed by atoms with van der Waals surface area (Å²) in [6.07, 6.45) is 0. The lowest BCUT2D eigenvalue weighted by molar-refractivity contribution is 0.416. The number of hydrogen-bond donors (Lipinski definition) is 2. The largest absolute Gasteiger partial charge is 0.495 e. The molecule has 0 aliphatic heterocycles. The van der Waals surface area contributed by atoms with Gasteiger partial charge in [-0.15, -0.1) is 0 Å². The van der Waals surface area contributed by atoms with Crippen molar-refractivity contribution in [3.63, 3.8) is 0 Å². The predicted molar refractivity (Wildman–Crippen MR) is 50.2 cm³/mol. The monoisotopic (exact) mass is 166 g/mol. The van der Waals surface area contributed by atoms with Crippen LogP contribution in [0.3, 0.4) is 0 Å². The first-order chi connectivity index (χ1) is 5.77. The second kappa shape index (κ2) is 3.97. The van der Waals surface area contributed by atoms with E-state index in [-0.39, 0.29) is 0 Å². The highest BCUT2D eigenvalue weighted by atomic mass is 16.5. The third kappa shape index (κ3) is 1.89. The zero-order valence-corrected chi connectivity index (χ0v) is 7.42.